The maximum absolute atomic E-state index is 13.4. The zero-order valence-electron chi connectivity index (χ0n) is 10.7. The number of rotatable bonds is 4. The molecule has 0 saturated carbocycles. The molecule has 0 amide bonds. The number of nitrogens with two attached hydrogens (primary N) is 1. The summed E-state index contributed by atoms with van der Waals surface area (Å²) in [6, 6.07) is 7.74. The van der Waals surface area contributed by atoms with Crippen LogP contribution in [0.3, 0.4) is 0 Å². The van der Waals surface area contributed by atoms with Crippen LogP contribution < -0.4 is 5.73 Å². The van der Waals surface area contributed by atoms with Gasteiger partial charge in [0, 0.05) is 24.4 Å². The van der Waals surface area contributed by atoms with Gasteiger partial charge in [0.25, 0.3) is 0 Å². The van der Waals surface area contributed by atoms with Crippen molar-refractivity contribution in [2.45, 2.75) is 18.8 Å². The van der Waals surface area contributed by atoms with Crippen molar-refractivity contribution in [1.29, 1.82) is 0 Å². The number of aromatic nitrogens is 1. The normalized spacial score (nSPS) is 14.1. The van der Waals surface area contributed by atoms with E-state index in [0.29, 0.717) is 18.5 Å². The van der Waals surface area contributed by atoms with Crippen LogP contribution in [0, 0.1) is 11.6 Å². The van der Waals surface area contributed by atoms with Crippen molar-refractivity contribution in [3.8, 4) is 0 Å². The molecule has 0 radical (unpaired) electrons. The van der Waals surface area contributed by atoms with E-state index in [1.54, 1.807) is 18.5 Å². The molecule has 0 aliphatic carbocycles. The Morgan fingerprint density at radius 2 is 2.00 bits per heavy atom. The molecule has 1 unspecified atom stereocenters. The highest BCUT2D eigenvalue weighted by Gasteiger charge is 2.26. The van der Waals surface area contributed by atoms with Crippen molar-refractivity contribution in [1.82, 2.24) is 4.98 Å². The van der Waals surface area contributed by atoms with E-state index >= 15 is 0 Å². The molecule has 1 aromatic carbocycles. The maximum Gasteiger partial charge on any atom is 0.159 e. The van der Waals surface area contributed by atoms with Gasteiger partial charge in [-0.2, -0.15) is 0 Å². The number of nitrogens with zero attached hydrogens (tertiary/aromatic N) is 1. The predicted molar refractivity (Wildman–Crippen MR) is 70.7 cm³/mol. The SMILES string of the molecule is CC(CN)(Cc1cccnc1)c1ccc(F)c(F)c1. The first-order valence-corrected chi connectivity index (χ1v) is 6.10. The van der Waals surface area contributed by atoms with Gasteiger partial charge in [-0.25, -0.2) is 8.78 Å². The Kier molecular flexibility index (Phi) is 3.90. The van der Waals surface area contributed by atoms with E-state index in [1.807, 2.05) is 19.1 Å². The molecular weight excluding hydrogens is 246 g/mol. The monoisotopic (exact) mass is 262 g/mol. The van der Waals surface area contributed by atoms with E-state index in [2.05, 4.69) is 4.98 Å². The Balaban J connectivity index is 2.33. The van der Waals surface area contributed by atoms with Crippen molar-refractivity contribution < 1.29 is 8.78 Å². The molecule has 0 aliphatic heterocycles. The highest BCUT2D eigenvalue weighted by molar-refractivity contribution is 5.29. The fourth-order valence-corrected chi connectivity index (χ4v) is 2.12. The summed E-state index contributed by atoms with van der Waals surface area (Å²) in [7, 11) is 0. The Bertz CT molecular complexity index is 557. The number of hydrogen-bond acceptors (Lipinski definition) is 2. The molecule has 1 heterocycles. The molecule has 0 bridgehead atoms. The van der Waals surface area contributed by atoms with Gasteiger partial charge in [0.15, 0.2) is 11.6 Å². The lowest BCUT2D eigenvalue weighted by Crippen LogP contribution is -2.34. The van der Waals surface area contributed by atoms with Crippen molar-refractivity contribution in [3.05, 3.63) is 65.5 Å². The minimum atomic E-state index is -0.844. The van der Waals surface area contributed by atoms with E-state index in [4.69, 9.17) is 5.73 Å². The zero-order valence-corrected chi connectivity index (χ0v) is 10.7. The van der Waals surface area contributed by atoms with Gasteiger partial charge in [0.05, 0.1) is 0 Å². The molecule has 19 heavy (non-hydrogen) atoms. The van der Waals surface area contributed by atoms with Crippen molar-refractivity contribution in [3.63, 3.8) is 0 Å². The summed E-state index contributed by atoms with van der Waals surface area (Å²) in [4.78, 5) is 4.05. The van der Waals surface area contributed by atoms with Crippen LogP contribution in [-0.2, 0) is 11.8 Å². The smallest absolute Gasteiger partial charge is 0.159 e. The van der Waals surface area contributed by atoms with Gasteiger partial charge in [-0.05, 0) is 35.7 Å². The molecule has 1 atom stereocenters. The molecular formula is C15H16F2N2. The van der Waals surface area contributed by atoms with Crippen LogP contribution in [0.4, 0.5) is 8.78 Å². The maximum atomic E-state index is 13.4. The minimum Gasteiger partial charge on any atom is -0.330 e. The quantitative estimate of drug-likeness (QED) is 0.920. The third-order valence-electron chi connectivity index (χ3n) is 3.38. The van der Waals surface area contributed by atoms with E-state index in [0.717, 1.165) is 11.6 Å². The fraction of sp³-hybridized carbons (Fsp3) is 0.267. The zero-order chi connectivity index (χ0) is 13.9. The Morgan fingerprint density at radius 3 is 2.58 bits per heavy atom. The van der Waals surface area contributed by atoms with Gasteiger partial charge in [0.1, 0.15) is 0 Å². The number of benzene rings is 1. The van der Waals surface area contributed by atoms with Crippen LogP contribution >= 0.6 is 0 Å². The lowest BCUT2D eigenvalue weighted by molar-refractivity contribution is 0.464. The first kappa shape index (κ1) is 13.6. The second kappa shape index (κ2) is 5.45. The van der Waals surface area contributed by atoms with Crippen LogP contribution in [0.15, 0.2) is 42.7 Å². The lowest BCUT2D eigenvalue weighted by Gasteiger charge is -2.28. The molecule has 2 rings (SSSR count). The van der Waals surface area contributed by atoms with Crippen LogP contribution in [0.1, 0.15) is 18.1 Å². The lowest BCUT2D eigenvalue weighted by atomic mass is 9.77. The number of pyridine rings is 1. The highest BCUT2D eigenvalue weighted by Crippen LogP contribution is 2.28. The summed E-state index contributed by atoms with van der Waals surface area (Å²) in [5, 5.41) is 0. The molecule has 2 nitrogen and oxygen atoms in total. The highest BCUT2D eigenvalue weighted by atomic mass is 19.2. The van der Waals surface area contributed by atoms with Crippen LogP contribution in [0.25, 0.3) is 0 Å². The largest absolute Gasteiger partial charge is 0.330 e. The topological polar surface area (TPSA) is 38.9 Å². The van der Waals surface area contributed by atoms with E-state index in [1.165, 1.54) is 6.07 Å². The summed E-state index contributed by atoms with van der Waals surface area (Å²) in [5.74, 6) is -1.69. The molecule has 0 fully saturated rings. The van der Waals surface area contributed by atoms with Gasteiger partial charge >= 0.3 is 0 Å². The van der Waals surface area contributed by atoms with Gasteiger partial charge in [-0.3, -0.25) is 4.98 Å². The van der Waals surface area contributed by atoms with Gasteiger partial charge in [-0.1, -0.05) is 19.1 Å². The van der Waals surface area contributed by atoms with Crippen LogP contribution in [-0.4, -0.2) is 11.5 Å². The molecule has 4 heteroatoms. The number of hydrogen-bond donors (Lipinski definition) is 1. The molecule has 0 aliphatic rings. The van der Waals surface area contributed by atoms with E-state index in [-0.39, 0.29) is 0 Å². The molecule has 0 saturated heterocycles. The second-order valence-electron chi connectivity index (χ2n) is 4.93. The Labute approximate surface area is 111 Å². The number of halogens is 2. The molecule has 2 aromatic rings. The second-order valence-corrected chi connectivity index (χ2v) is 4.93. The minimum absolute atomic E-state index is 0.340. The van der Waals surface area contributed by atoms with Crippen molar-refractivity contribution in [2.24, 2.45) is 5.73 Å². The summed E-state index contributed by atoms with van der Waals surface area (Å²) in [6.07, 6.45) is 4.08. The first-order valence-electron chi connectivity index (χ1n) is 6.10. The summed E-state index contributed by atoms with van der Waals surface area (Å²) in [6.45, 7) is 2.28. The van der Waals surface area contributed by atoms with Crippen molar-refractivity contribution in [2.75, 3.05) is 6.54 Å². The molecule has 2 N–H and O–H groups in total. The third-order valence-corrected chi connectivity index (χ3v) is 3.38. The first-order chi connectivity index (χ1) is 9.05. The van der Waals surface area contributed by atoms with Gasteiger partial charge < -0.3 is 5.73 Å². The van der Waals surface area contributed by atoms with Crippen LogP contribution in [0.5, 0.6) is 0 Å². The Hall–Kier alpha value is -1.81. The van der Waals surface area contributed by atoms with Gasteiger partial charge in [0.2, 0.25) is 0 Å². The fourth-order valence-electron chi connectivity index (χ4n) is 2.12. The summed E-state index contributed by atoms with van der Waals surface area (Å²) >= 11 is 0. The molecule has 1 aromatic heterocycles. The average molecular weight is 262 g/mol. The summed E-state index contributed by atoms with van der Waals surface area (Å²) in [5.41, 5.74) is 7.10. The molecule has 100 valence electrons. The Morgan fingerprint density at radius 1 is 1.21 bits per heavy atom. The predicted octanol–water partition coefficient (Wildman–Crippen LogP) is 2.82. The third kappa shape index (κ3) is 2.96. The average Bonchev–Trinajstić information content (AvgIpc) is 2.43. The standard InChI is InChI=1S/C15H16F2N2/c1-15(10-18,8-11-3-2-6-19-9-11)12-4-5-13(16)14(17)7-12/h2-7,9H,8,10,18H2,1H3. The van der Waals surface area contributed by atoms with Gasteiger partial charge in [-0.15, -0.1) is 0 Å². The van der Waals surface area contributed by atoms with E-state index in [9.17, 15) is 8.78 Å². The molecule has 0 spiro atoms. The van der Waals surface area contributed by atoms with E-state index < -0.39 is 17.0 Å². The summed E-state index contributed by atoms with van der Waals surface area (Å²) < 4.78 is 26.4. The van der Waals surface area contributed by atoms with Crippen LogP contribution in [0.2, 0.25) is 0 Å². The van der Waals surface area contributed by atoms with Crippen molar-refractivity contribution >= 4 is 0 Å².